The van der Waals surface area contributed by atoms with Crippen molar-refractivity contribution in [2.24, 2.45) is 5.73 Å². The first-order valence-electron chi connectivity index (χ1n) is 6.79. The van der Waals surface area contributed by atoms with Crippen molar-refractivity contribution in [3.8, 4) is 0 Å². The van der Waals surface area contributed by atoms with Crippen molar-refractivity contribution >= 4 is 11.7 Å². The van der Waals surface area contributed by atoms with Gasteiger partial charge in [0.15, 0.2) is 0 Å². The van der Waals surface area contributed by atoms with Gasteiger partial charge < -0.3 is 20.1 Å². The van der Waals surface area contributed by atoms with Crippen molar-refractivity contribution < 1.29 is 14.3 Å². The first-order valence-corrected chi connectivity index (χ1v) is 6.79. The Morgan fingerprint density at radius 1 is 1.40 bits per heavy atom. The number of rotatable bonds is 3. The third-order valence-corrected chi connectivity index (χ3v) is 3.90. The number of nitrogens with two attached hydrogens (primary N) is 1. The van der Waals surface area contributed by atoms with Crippen LogP contribution < -0.4 is 10.6 Å². The lowest BCUT2D eigenvalue weighted by atomic mass is 10.0. The number of carbonyl (C=O) groups is 1. The maximum atomic E-state index is 11.8. The van der Waals surface area contributed by atoms with Gasteiger partial charge in [-0.15, -0.1) is 0 Å². The molecule has 0 saturated carbocycles. The van der Waals surface area contributed by atoms with Crippen LogP contribution in [0.5, 0.6) is 0 Å². The molecule has 0 spiro atoms. The van der Waals surface area contributed by atoms with Crippen molar-refractivity contribution in [2.75, 3.05) is 32.2 Å². The van der Waals surface area contributed by atoms with E-state index in [9.17, 15) is 4.79 Å². The van der Waals surface area contributed by atoms with Gasteiger partial charge in [-0.05, 0) is 31.0 Å². The Hall–Kier alpha value is -1.59. The molecule has 1 aromatic carbocycles. The molecule has 110 valence electrons. The van der Waals surface area contributed by atoms with Gasteiger partial charge in [0.1, 0.15) is 0 Å². The number of anilines is 1. The predicted molar refractivity (Wildman–Crippen MR) is 78.1 cm³/mol. The van der Waals surface area contributed by atoms with Crippen LogP contribution in [-0.4, -0.2) is 45.4 Å². The first-order chi connectivity index (χ1) is 9.56. The van der Waals surface area contributed by atoms with Crippen LogP contribution in [-0.2, 0) is 9.47 Å². The molecule has 2 N–H and O–H groups in total. The summed E-state index contributed by atoms with van der Waals surface area (Å²) < 4.78 is 10.2. The van der Waals surface area contributed by atoms with Crippen molar-refractivity contribution in [3.05, 3.63) is 29.3 Å². The highest BCUT2D eigenvalue weighted by Gasteiger charge is 2.27. The molecule has 5 nitrogen and oxygen atoms in total. The minimum Gasteiger partial charge on any atom is -0.465 e. The van der Waals surface area contributed by atoms with Crippen LogP contribution in [0.2, 0.25) is 0 Å². The zero-order chi connectivity index (χ0) is 14.7. The second-order valence-corrected chi connectivity index (χ2v) is 5.16. The van der Waals surface area contributed by atoms with Crippen LogP contribution in [0.3, 0.4) is 0 Å². The zero-order valence-electron chi connectivity index (χ0n) is 12.3. The Kier molecular flexibility index (Phi) is 4.62. The summed E-state index contributed by atoms with van der Waals surface area (Å²) in [5.74, 6) is -0.304. The minimum atomic E-state index is -0.304. The minimum absolute atomic E-state index is 0.0200. The molecule has 2 atom stereocenters. The molecule has 1 aliphatic heterocycles. The van der Waals surface area contributed by atoms with Crippen LogP contribution in [0, 0.1) is 6.92 Å². The Bertz CT molecular complexity index is 490. The third kappa shape index (κ3) is 2.94. The molecule has 5 heteroatoms. The summed E-state index contributed by atoms with van der Waals surface area (Å²) in [6.07, 6.45) is 0.895. The van der Waals surface area contributed by atoms with Gasteiger partial charge in [-0.25, -0.2) is 4.79 Å². The number of nitrogens with zero attached hydrogens (tertiary/aromatic N) is 1. The van der Waals surface area contributed by atoms with Crippen LogP contribution in [0.25, 0.3) is 0 Å². The number of hydrogen-bond acceptors (Lipinski definition) is 5. The van der Waals surface area contributed by atoms with Gasteiger partial charge in [-0.1, -0.05) is 6.07 Å². The topological polar surface area (TPSA) is 64.8 Å². The summed E-state index contributed by atoms with van der Waals surface area (Å²) in [7, 11) is 3.08. The molecule has 1 aromatic rings. The molecule has 20 heavy (non-hydrogen) atoms. The number of piperidine rings is 1. The maximum absolute atomic E-state index is 11.8. The highest BCUT2D eigenvalue weighted by atomic mass is 16.5. The van der Waals surface area contributed by atoms with Crippen LogP contribution in [0.4, 0.5) is 5.69 Å². The van der Waals surface area contributed by atoms with Gasteiger partial charge in [0.25, 0.3) is 0 Å². The van der Waals surface area contributed by atoms with Gasteiger partial charge in [0, 0.05) is 31.9 Å². The number of carbonyl (C=O) groups excluding carboxylic acids is 1. The monoisotopic (exact) mass is 278 g/mol. The average molecular weight is 278 g/mol. The van der Waals surface area contributed by atoms with E-state index in [0.29, 0.717) is 5.56 Å². The summed E-state index contributed by atoms with van der Waals surface area (Å²) >= 11 is 0. The molecule has 1 aliphatic rings. The number of benzene rings is 1. The Morgan fingerprint density at radius 3 is 2.80 bits per heavy atom. The summed E-state index contributed by atoms with van der Waals surface area (Å²) in [5, 5.41) is 0. The fourth-order valence-corrected chi connectivity index (χ4v) is 2.56. The first kappa shape index (κ1) is 14.8. The lowest BCUT2D eigenvalue weighted by Gasteiger charge is -2.37. The van der Waals surface area contributed by atoms with E-state index >= 15 is 0 Å². The highest BCUT2D eigenvalue weighted by Crippen LogP contribution is 2.24. The molecule has 0 aliphatic carbocycles. The lowest BCUT2D eigenvalue weighted by molar-refractivity contribution is 0.0600. The molecule has 2 unspecified atom stereocenters. The van der Waals surface area contributed by atoms with Crippen LogP contribution in [0.1, 0.15) is 22.3 Å². The second kappa shape index (κ2) is 6.24. The summed E-state index contributed by atoms with van der Waals surface area (Å²) in [4.78, 5) is 14.0. The van der Waals surface area contributed by atoms with E-state index in [-0.39, 0.29) is 18.1 Å². The number of esters is 1. The van der Waals surface area contributed by atoms with Gasteiger partial charge in [-0.2, -0.15) is 0 Å². The Morgan fingerprint density at radius 2 is 2.15 bits per heavy atom. The molecule has 2 rings (SSSR count). The molecule has 0 amide bonds. The summed E-state index contributed by atoms with van der Waals surface area (Å²) in [6.45, 7) is 3.51. The zero-order valence-corrected chi connectivity index (χ0v) is 12.3. The van der Waals surface area contributed by atoms with E-state index in [1.807, 2.05) is 25.1 Å². The number of methoxy groups -OCH3 is 2. The Balaban J connectivity index is 2.23. The molecule has 0 bridgehead atoms. The van der Waals surface area contributed by atoms with E-state index in [2.05, 4.69) is 4.90 Å². The molecular weight excluding hydrogens is 256 g/mol. The molecule has 1 fully saturated rings. The Labute approximate surface area is 119 Å². The molecule has 1 saturated heterocycles. The van der Waals surface area contributed by atoms with E-state index < -0.39 is 0 Å². The molecule has 1 heterocycles. The van der Waals surface area contributed by atoms with E-state index in [4.69, 9.17) is 15.2 Å². The van der Waals surface area contributed by atoms with Crippen LogP contribution in [0.15, 0.2) is 18.2 Å². The van der Waals surface area contributed by atoms with Gasteiger partial charge in [0.05, 0.1) is 18.8 Å². The fraction of sp³-hybridized carbons (Fsp3) is 0.533. The lowest BCUT2D eigenvalue weighted by Crippen LogP contribution is -2.51. The fourth-order valence-electron chi connectivity index (χ4n) is 2.56. The predicted octanol–water partition coefficient (Wildman–Crippen LogP) is 1.33. The maximum Gasteiger partial charge on any atom is 0.338 e. The van der Waals surface area contributed by atoms with E-state index in [0.717, 1.165) is 30.8 Å². The largest absolute Gasteiger partial charge is 0.465 e. The second-order valence-electron chi connectivity index (χ2n) is 5.16. The van der Waals surface area contributed by atoms with Gasteiger partial charge in [0.2, 0.25) is 0 Å². The summed E-state index contributed by atoms with van der Waals surface area (Å²) in [5.41, 5.74) is 8.55. The smallest absolute Gasteiger partial charge is 0.338 e. The van der Waals surface area contributed by atoms with Gasteiger partial charge in [-0.3, -0.25) is 0 Å². The quantitative estimate of drug-likeness (QED) is 0.845. The van der Waals surface area contributed by atoms with Crippen molar-refractivity contribution in [1.82, 2.24) is 0 Å². The standard InChI is InChI=1S/C15H22N2O3/c1-10-4-5-11(8-12(10)15(18)20-3)17-7-6-13(16)14(9-17)19-2/h4-5,8,13-14H,6-7,9,16H2,1-3H3. The SMILES string of the molecule is COC(=O)c1cc(N2CCC(N)C(OC)C2)ccc1C. The number of hydrogen-bond donors (Lipinski definition) is 1. The molecule has 0 aromatic heterocycles. The van der Waals surface area contributed by atoms with Crippen molar-refractivity contribution in [2.45, 2.75) is 25.5 Å². The summed E-state index contributed by atoms with van der Waals surface area (Å²) in [6, 6.07) is 5.91. The molecular formula is C15H22N2O3. The van der Waals surface area contributed by atoms with E-state index in [1.165, 1.54) is 7.11 Å². The van der Waals surface area contributed by atoms with Crippen molar-refractivity contribution in [1.29, 1.82) is 0 Å². The number of ether oxygens (including phenoxy) is 2. The van der Waals surface area contributed by atoms with Gasteiger partial charge >= 0.3 is 5.97 Å². The average Bonchev–Trinajstić information content (AvgIpc) is 2.47. The highest BCUT2D eigenvalue weighted by molar-refractivity contribution is 5.92. The van der Waals surface area contributed by atoms with Crippen LogP contribution >= 0.6 is 0 Å². The molecule has 0 radical (unpaired) electrons. The van der Waals surface area contributed by atoms with E-state index in [1.54, 1.807) is 7.11 Å². The number of aryl methyl sites for hydroxylation is 1. The normalized spacial score (nSPS) is 22.7. The van der Waals surface area contributed by atoms with Crippen molar-refractivity contribution in [3.63, 3.8) is 0 Å². The third-order valence-electron chi connectivity index (χ3n) is 3.90.